The highest BCUT2D eigenvalue weighted by atomic mass is 16.2. The second-order valence-electron chi connectivity index (χ2n) is 5.72. The molecule has 0 bridgehead atoms. The third-order valence-corrected chi connectivity index (χ3v) is 4.31. The average molecular weight is 269 g/mol. The molecule has 5 nitrogen and oxygen atoms in total. The lowest BCUT2D eigenvalue weighted by atomic mass is 9.72. The van der Waals surface area contributed by atoms with E-state index in [2.05, 4.69) is 19.2 Å². The van der Waals surface area contributed by atoms with E-state index in [9.17, 15) is 9.59 Å². The molecule has 110 valence electrons. The second-order valence-corrected chi connectivity index (χ2v) is 5.72. The van der Waals surface area contributed by atoms with Gasteiger partial charge in [0, 0.05) is 25.6 Å². The predicted molar refractivity (Wildman–Crippen MR) is 75.3 cm³/mol. The third kappa shape index (κ3) is 3.93. The topological polar surface area (TPSA) is 75.4 Å². The van der Waals surface area contributed by atoms with Crippen LogP contribution in [0.4, 0.5) is 0 Å². The zero-order chi connectivity index (χ0) is 14.6. The molecule has 3 N–H and O–H groups in total. The van der Waals surface area contributed by atoms with Gasteiger partial charge in [-0.3, -0.25) is 9.59 Å². The molecule has 1 aliphatic rings. The number of carbonyl (C=O) groups excluding carboxylic acids is 2. The van der Waals surface area contributed by atoms with Gasteiger partial charge in [-0.15, -0.1) is 0 Å². The van der Waals surface area contributed by atoms with Crippen molar-refractivity contribution in [3.63, 3.8) is 0 Å². The van der Waals surface area contributed by atoms with Gasteiger partial charge in [-0.2, -0.15) is 0 Å². The van der Waals surface area contributed by atoms with E-state index in [4.69, 9.17) is 5.73 Å². The Hall–Kier alpha value is -1.10. The standard InChI is InChI=1S/C14H27N3O2/c1-5-17(8-13(18)16-4)14(19)11-7-12(15)10(3)6-9(11)2/h9-12H,5-8,15H2,1-4H3,(H,16,18). The van der Waals surface area contributed by atoms with Crippen LogP contribution in [0.3, 0.4) is 0 Å². The van der Waals surface area contributed by atoms with E-state index in [1.54, 1.807) is 11.9 Å². The molecule has 1 fully saturated rings. The van der Waals surface area contributed by atoms with Crippen LogP contribution in [0.15, 0.2) is 0 Å². The second kappa shape index (κ2) is 6.89. The molecule has 0 radical (unpaired) electrons. The zero-order valence-electron chi connectivity index (χ0n) is 12.5. The van der Waals surface area contributed by atoms with Crippen molar-refractivity contribution in [3.05, 3.63) is 0 Å². The fourth-order valence-electron chi connectivity index (χ4n) is 2.86. The van der Waals surface area contributed by atoms with Gasteiger partial charge in [-0.25, -0.2) is 0 Å². The molecule has 0 aromatic heterocycles. The lowest BCUT2D eigenvalue weighted by molar-refractivity contribution is -0.142. The molecular formula is C14H27N3O2. The molecule has 0 aliphatic heterocycles. The van der Waals surface area contributed by atoms with Gasteiger partial charge in [-0.1, -0.05) is 13.8 Å². The molecule has 0 spiro atoms. The molecule has 0 aromatic carbocycles. The van der Waals surface area contributed by atoms with Crippen LogP contribution in [0.2, 0.25) is 0 Å². The van der Waals surface area contributed by atoms with E-state index in [1.807, 2.05) is 6.92 Å². The number of nitrogens with zero attached hydrogens (tertiary/aromatic N) is 1. The average Bonchev–Trinajstić information content (AvgIpc) is 2.39. The van der Waals surface area contributed by atoms with Gasteiger partial charge in [0.2, 0.25) is 11.8 Å². The Bertz CT molecular complexity index is 333. The smallest absolute Gasteiger partial charge is 0.239 e. The summed E-state index contributed by atoms with van der Waals surface area (Å²) in [5.41, 5.74) is 6.09. The monoisotopic (exact) mass is 269 g/mol. The summed E-state index contributed by atoms with van der Waals surface area (Å²) in [6.45, 7) is 6.85. The molecule has 0 saturated heterocycles. The van der Waals surface area contributed by atoms with Gasteiger partial charge in [-0.05, 0) is 31.6 Å². The first-order valence-electron chi connectivity index (χ1n) is 7.15. The molecule has 1 aliphatic carbocycles. The molecule has 4 unspecified atom stereocenters. The van der Waals surface area contributed by atoms with E-state index in [1.165, 1.54) is 0 Å². The fourth-order valence-corrected chi connectivity index (χ4v) is 2.86. The summed E-state index contributed by atoms with van der Waals surface area (Å²) in [4.78, 5) is 25.6. The first-order chi connectivity index (χ1) is 8.90. The first kappa shape index (κ1) is 16.0. The van der Waals surface area contributed by atoms with Gasteiger partial charge in [0.25, 0.3) is 0 Å². The molecule has 4 atom stereocenters. The van der Waals surface area contributed by atoms with Gasteiger partial charge in [0.05, 0.1) is 6.54 Å². The molecule has 19 heavy (non-hydrogen) atoms. The Morgan fingerprint density at radius 3 is 2.42 bits per heavy atom. The Morgan fingerprint density at radius 1 is 1.26 bits per heavy atom. The summed E-state index contributed by atoms with van der Waals surface area (Å²) >= 11 is 0. The summed E-state index contributed by atoms with van der Waals surface area (Å²) in [6.07, 6.45) is 1.71. The highest BCUT2D eigenvalue weighted by molar-refractivity contribution is 5.86. The minimum absolute atomic E-state index is 0.0455. The van der Waals surface area contributed by atoms with Crippen molar-refractivity contribution in [2.24, 2.45) is 23.5 Å². The van der Waals surface area contributed by atoms with Gasteiger partial charge in [0.15, 0.2) is 0 Å². The summed E-state index contributed by atoms with van der Waals surface area (Å²) in [5, 5.41) is 2.56. The van der Waals surface area contributed by atoms with Crippen LogP contribution in [0, 0.1) is 17.8 Å². The van der Waals surface area contributed by atoms with Crippen LogP contribution in [0.25, 0.3) is 0 Å². The summed E-state index contributed by atoms with van der Waals surface area (Å²) in [6, 6.07) is 0.0869. The van der Waals surface area contributed by atoms with Gasteiger partial charge < -0.3 is 16.0 Å². The Balaban J connectivity index is 2.71. The highest BCUT2D eigenvalue weighted by Crippen LogP contribution is 2.33. The minimum Gasteiger partial charge on any atom is -0.358 e. The van der Waals surface area contributed by atoms with Crippen molar-refractivity contribution in [1.82, 2.24) is 10.2 Å². The molecule has 0 aromatic rings. The third-order valence-electron chi connectivity index (χ3n) is 4.31. The van der Waals surface area contributed by atoms with Crippen LogP contribution in [0.1, 0.15) is 33.6 Å². The lowest BCUT2D eigenvalue weighted by Gasteiger charge is -2.38. The SMILES string of the molecule is CCN(CC(=O)NC)C(=O)C1CC(N)C(C)CC1C. The summed E-state index contributed by atoms with van der Waals surface area (Å²) in [7, 11) is 1.58. The van der Waals surface area contributed by atoms with E-state index in [0.717, 1.165) is 12.8 Å². The van der Waals surface area contributed by atoms with Crippen molar-refractivity contribution >= 4 is 11.8 Å². The number of hydrogen-bond acceptors (Lipinski definition) is 3. The van der Waals surface area contributed by atoms with Crippen LogP contribution in [0.5, 0.6) is 0 Å². The fraction of sp³-hybridized carbons (Fsp3) is 0.857. The van der Waals surface area contributed by atoms with Crippen molar-refractivity contribution in [1.29, 1.82) is 0 Å². The van der Waals surface area contributed by atoms with Crippen molar-refractivity contribution in [2.75, 3.05) is 20.1 Å². The number of nitrogens with one attached hydrogen (secondary N) is 1. The predicted octanol–water partition coefficient (Wildman–Crippen LogP) is 0.590. The quantitative estimate of drug-likeness (QED) is 0.784. The van der Waals surface area contributed by atoms with Crippen molar-refractivity contribution in [2.45, 2.75) is 39.7 Å². The van der Waals surface area contributed by atoms with Crippen molar-refractivity contribution in [3.8, 4) is 0 Å². The molecule has 0 heterocycles. The number of nitrogens with two attached hydrogens (primary N) is 1. The van der Waals surface area contributed by atoms with E-state index < -0.39 is 0 Å². The zero-order valence-corrected chi connectivity index (χ0v) is 12.5. The van der Waals surface area contributed by atoms with Crippen LogP contribution in [-0.4, -0.2) is 42.9 Å². The molecular weight excluding hydrogens is 242 g/mol. The van der Waals surface area contributed by atoms with Crippen LogP contribution in [-0.2, 0) is 9.59 Å². The molecule has 2 amide bonds. The van der Waals surface area contributed by atoms with E-state index in [0.29, 0.717) is 18.4 Å². The largest absolute Gasteiger partial charge is 0.358 e. The number of rotatable bonds is 4. The summed E-state index contributed by atoms with van der Waals surface area (Å²) in [5.74, 6) is 0.696. The van der Waals surface area contributed by atoms with Gasteiger partial charge in [0.1, 0.15) is 0 Å². The number of carbonyl (C=O) groups is 2. The Morgan fingerprint density at radius 2 is 1.89 bits per heavy atom. The maximum Gasteiger partial charge on any atom is 0.239 e. The maximum absolute atomic E-state index is 12.5. The maximum atomic E-state index is 12.5. The number of hydrogen-bond donors (Lipinski definition) is 2. The van der Waals surface area contributed by atoms with Crippen molar-refractivity contribution < 1.29 is 9.59 Å². The first-order valence-corrected chi connectivity index (χ1v) is 7.15. The molecule has 1 rings (SSSR count). The lowest BCUT2D eigenvalue weighted by Crippen LogP contribution is -2.48. The van der Waals surface area contributed by atoms with Crippen LogP contribution < -0.4 is 11.1 Å². The Kier molecular flexibility index (Phi) is 5.79. The molecule has 1 saturated carbocycles. The Labute approximate surface area is 115 Å². The van der Waals surface area contributed by atoms with Crippen LogP contribution >= 0.6 is 0 Å². The highest BCUT2D eigenvalue weighted by Gasteiger charge is 2.36. The number of amides is 2. The van der Waals surface area contributed by atoms with E-state index in [-0.39, 0.29) is 30.3 Å². The molecule has 5 heteroatoms. The summed E-state index contributed by atoms with van der Waals surface area (Å²) < 4.78 is 0. The normalized spacial score (nSPS) is 30.8. The number of likely N-dealkylation sites (N-methyl/N-ethyl adjacent to an activating group) is 2. The van der Waals surface area contributed by atoms with Gasteiger partial charge >= 0.3 is 0 Å². The van der Waals surface area contributed by atoms with E-state index >= 15 is 0 Å². The minimum atomic E-state index is -0.128.